The summed E-state index contributed by atoms with van der Waals surface area (Å²) in [5.41, 5.74) is -0.0438. The van der Waals surface area contributed by atoms with Crippen molar-refractivity contribution in [1.29, 1.82) is 0 Å². The number of carboxylic acids is 1. The van der Waals surface area contributed by atoms with E-state index in [9.17, 15) is 9.59 Å². The third kappa shape index (κ3) is 7.63. The number of carbonyl (C=O) groups is 2. The van der Waals surface area contributed by atoms with E-state index in [1.54, 1.807) is 12.1 Å². The van der Waals surface area contributed by atoms with Crippen LogP contribution in [0.3, 0.4) is 0 Å². The molecular weight excluding hydrogens is 315 g/mol. The van der Waals surface area contributed by atoms with Crippen LogP contribution in [0.4, 0.5) is 0 Å². The molecule has 1 aromatic rings. The number of hydrogen-bond acceptors (Lipinski definition) is 3. The molecule has 0 aliphatic carbocycles. The molecule has 118 valence electrons. The molecule has 0 saturated heterocycles. The van der Waals surface area contributed by atoms with Gasteiger partial charge in [-0.25, -0.2) is 4.79 Å². The predicted octanol–water partition coefficient (Wildman–Crippen LogP) is 3.61. The summed E-state index contributed by atoms with van der Waals surface area (Å²) in [7, 11) is 0. The molecule has 0 bridgehead atoms. The Hall–Kier alpha value is -0.550. The topological polar surface area (TPSA) is 63.6 Å². The zero-order valence-corrected chi connectivity index (χ0v) is 12.9. The van der Waals surface area contributed by atoms with Gasteiger partial charge >= 0.3 is 41.5 Å². The van der Waals surface area contributed by atoms with Gasteiger partial charge < -0.3 is 9.84 Å². The predicted molar refractivity (Wildman–Crippen MR) is 89.2 cm³/mol. The molecule has 1 rings (SSSR count). The fraction of sp³-hybridized carbons (Fsp3) is 0.500. The molecule has 0 spiro atoms. The minimum atomic E-state index is -1.14. The summed E-state index contributed by atoms with van der Waals surface area (Å²) < 4.78 is 5.10. The second-order valence-electron chi connectivity index (χ2n) is 4.89. The van der Waals surface area contributed by atoms with Gasteiger partial charge in [0.05, 0.1) is 0 Å². The van der Waals surface area contributed by atoms with Gasteiger partial charge in [-0.15, -0.1) is 11.6 Å². The molecule has 0 radical (unpaired) electrons. The van der Waals surface area contributed by atoms with Crippen molar-refractivity contribution in [3.63, 3.8) is 0 Å². The van der Waals surface area contributed by atoms with Crippen LogP contribution in [0.25, 0.3) is 0 Å². The van der Waals surface area contributed by atoms with Gasteiger partial charge in [0.2, 0.25) is 0 Å². The van der Waals surface area contributed by atoms with E-state index in [1.807, 2.05) is 0 Å². The van der Waals surface area contributed by atoms with Crippen LogP contribution in [0.5, 0.6) is 5.75 Å². The Morgan fingerprint density at radius 2 is 1.82 bits per heavy atom. The van der Waals surface area contributed by atoms with Crippen LogP contribution in [0.1, 0.15) is 55.8 Å². The van der Waals surface area contributed by atoms with E-state index in [0.29, 0.717) is 6.42 Å². The molecule has 0 aromatic heterocycles. The van der Waals surface area contributed by atoms with Crippen LogP contribution < -0.4 is 4.74 Å². The van der Waals surface area contributed by atoms with Crippen LogP contribution >= 0.6 is 11.6 Å². The van der Waals surface area contributed by atoms with Crippen LogP contribution in [0, 0.1) is 0 Å². The molecule has 0 heterocycles. The van der Waals surface area contributed by atoms with E-state index in [2.05, 4.69) is 6.92 Å². The molecule has 1 aromatic carbocycles. The summed E-state index contributed by atoms with van der Waals surface area (Å²) in [5.74, 6) is -1.70. The molecule has 1 N–H and O–H groups in total. The SMILES string of the molecule is CCCCCCCC(Cl)C(=O)Oc1ccccc1C(=O)O.[NaH]. The Morgan fingerprint density at radius 3 is 2.45 bits per heavy atom. The van der Waals surface area contributed by atoms with Gasteiger partial charge in [0.25, 0.3) is 0 Å². The molecule has 6 heteroatoms. The first kappa shape index (κ1) is 21.4. The van der Waals surface area contributed by atoms with Crippen LogP contribution in [0.15, 0.2) is 24.3 Å². The number of benzene rings is 1. The van der Waals surface area contributed by atoms with Gasteiger partial charge in [0, 0.05) is 0 Å². The van der Waals surface area contributed by atoms with Gasteiger partial charge in [-0.05, 0) is 18.6 Å². The van der Waals surface area contributed by atoms with Gasteiger partial charge in [-0.1, -0.05) is 51.2 Å². The number of esters is 1. The Bertz CT molecular complexity index is 479. The summed E-state index contributed by atoms with van der Waals surface area (Å²) in [6, 6.07) is 6.03. The summed E-state index contributed by atoms with van der Waals surface area (Å²) in [6.07, 6.45) is 5.93. The number of ether oxygens (including phenoxy) is 1. The number of halogens is 1. The summed E-state index contributed by atoms with van der Waals surface area (Å²) in [6.45, 7) is 2.14. The number of carboxylic acid groups (broad SMARTS) is 1. The Kier molecular flexibility index (Phi) is 11.6. The molecule has 1 unspecified atom stereocenters. The normalized spacial score (nSPS) is 11.4. The fourth-order valence-electron chi connectivity index (χ4n) is 1.95. The number of hydrogen-bond donors (Lipinski definition) is 1. The molecule has 22 heavy (non-hydrogen) atoms. The maximum absolute atomic E-state index is 11.9. The summed E-state index contributed by atoms with van der Waals surface area (Å²) in [4.78, 5) is 22.9. The zero-order valence-electron chi connectivity index (χ0n) is 12.2. The second-order valence-corrected chi connectivity index (χ2v) is 5.42. The number of carbonyl (C=O) groups excluding carboxylic acids is 1. The van der Waals surface area contributed by atoms with E-state index in [0.717, 1.165) is 25.7 Å². The van der Waals surface area contributed by atoms with Crippen LogP contribution in [0.2, 0.25) is 0 Å². The number of aromatic carboxylic acids is 1. The third-order valence-corrected chi connectivity index (χ3v) is 3.54. The average Bonchev–Trinajstić information content (AvgIpc) is 2.47. The van der Waals surface area contributed by atoms with Crippen molar-refractivity contribution in [2.45, 2.75) is 50.8 Å². The summed E-state index contributed by atoms with van der Waals surface area (Å²) in [5, 5.41) is 8.27. The second kappa shape index (κ2) is 11.9. The van der Waals surface area contributed by atoms with Crippen LogP contribution in [-0.2, 0) is 4.79 Å². The molecular formula is C16H22ClNaO4. The molecule has 0 saturated carbocycles. The van der Waals surface area contributed by atoms with E-state index >= 15 is 0 Å². The number of unbranched alkanes of at least 4 members (excludes halogenated alkanes) is 4. The van der Waals surface area contributed by atoms with Gasteiger partial charge in [0.1, 0.15) is 16.7 Å². The number of alkyl halides is 1. The Balaban J connectivity index is 0.00000441. The standard InChI is InChI=1S/C16H21ClO4.Na.H/c1-2-3-4-5-6-10-13(17)16(20)21-14-11-8-7-9-12(14)15(18)19;;/h7-9,11,13H,2-6,10H2,1H3,(H,18,19);;. The van der Waals surface area contributed by atoms with Crippen LogP contribution in [-0.4, -0.2) is 52.0 Å². The van der Waals surface area contributed by atoms with Crippen molar-refractivity contribution in [1.82, 2.24) is 0 Å². The van der Waals surface area contributed by atoms with Gasteiger partial charge in [0.15, 0.2) is 0 Å². The first-order valence-electron chi connectivity index (χ1n) is 7.24. The van der Waals surface area contributed by atoms with E-state index < -0.39 is 17.3 Å². The minimum absolute atomic E-state index is 0. The Morgan fingerprint density at radius 1 is 1.18 bits per heavy atom. The zero-order chi connectivity index (χ0) is 15.7. The number of para-hydroxylation sites is 1. The molecule has 0 fully saturated rings. The van der Waals surface area contributed by atoms with E-state index in [1.165, 1.54) is 18.6 Å². The van der Waals surface area contributed by atoms with Crippen molar-refractivity contribution < 1.29 is 19.4 Å². The molecule has 4 nitrogen and oxygen atoms in total. The monoisotopic (exact) mass is 336 g/mol. The fourth-order valence-corrected chi connectivity index (χ4v) is 2.15. The summed E-state index contributed by atoms with van der Waals surface area (Å²) >= 11 is 6.00. The first-order chi connectivity index (χ1) is 10.1. The molecule has 1 atom stereocenters. The average molecular weight is 337 g/mol. The van der Waals surface area contributed by atoms with Crippen molar-refractivity contribution in [2.75, 3.05) is 0 Å². The van der Waals surface area contributed by atoms with Crippen molar-refractivity contribution in [3.8, 4) is 5.75 Å². The van der Waals surface area contributed by atoms with Crippen molar-refractivity contribution in [2.24, 2.45) is 0 Å². The third-order valence-electron chi connectivity index (χ3n) is 3.14. The van der Waals surface area contributed by atoms with Gasteiger partial charge in [-0.3, -0.25) is 4.79 Å². The van der Waals surface area contributed by atoms with Crippen molar-refractivity contribution in [3.05, 3.63) is 29.8 Å². The first-order valence-corrected chi connectivity index (χ1v) is 7.68. The molecule has 0 aliphatic heterocycles. The number of rotatable bonds is 9. The maximum atomic E-state index is 11.9. The van der Waals surface area contributed by atoms with E-state index in [-0.39, 0.29) is 40.9 Å². The molecule has 0 amide bonds. The quantitative estimate of drug-likeness (QED) is 0.246. The Labute approximate surface area is 158 Å². The van der Waals surface area contributed by atoms with Gasteiger partial charge in [-0.2, -0.15) is 0 Å². The van der Waals surface area contributed by atoms with E-state index in [4.69, 9.17) is 21.4 Å². The molecule has 0 aliphatic rings. The van der Waals surface area contributed by atoms with Crippen molar-refractivity contribution >= 4 is 53.1 Å².